The number of carbonyl (C=O) groups excluding carboxylic acids is 3. The second kappa shape index (κ2) is 9.09. The number of benzene rings is 2. The minimum atomic E-state index is -0.722. The Bertz CT molecular complexity index is 888. The molecule has 0 aliphatic heterocycles. The SMILES string of the molecule is CNC(=O)c1ccc(NC(=O)COC(=O)C2(c3ccc(Cl)cc3)CCCC2)cc1. The minimum Gasteiger partial charge on any atom is -0.455 e. The van der Waals surface area contributed by atoms with Crippen LogP contribution >= 0.6 is 11.6 Å². The molecule has 2 N–H and O–H groups in total. The van der Waals surface area contributed by atoms with Gasteiger partial charge in [0.25, 0.3) is 11.8 Å². The van der Waals surface area contributed by atoms with Crippen molar-refractivity contribution in [1.82, 2.24) is 5.32 Å². The zero-order valence-electron chi connectivity index (χ0n) is 16.2. The summed E-state index contributed by atoms with van der Waals surface area (Å²) in [5, 5.41) is 5.80. The second-order valence-electron chi connectivity index (χ2n) is 7.08. The largest absolute Gasteiger partial charge is 0.455 e. The van der Waals surface area contributed by atoms with Crippen LogP contribution in [0.2, 0.25) is 5.02 Å². The van der Waals surface area contributed by atoms with Gasteiger partial charge in [-0.2, -0.15) is 0 Å². The highest BCUT2D eigenvalue weighted by atomic mass is 35.5. The van der Waals surface area contributed by atoms with Gasteiger partial charge < -0.3 is 15.4 Å². The lowest BCUT2D eigenvalue weighted by atomic mass is 9.79. The summed E-state index contributed by atoms with van der Waals surface area (Å²) in [6.07, 6.45) is 3.25. The average molecular weight is 415 g/mol. The van der Waals surface area contributed by atoms with Crippen LogP contribution in [0.5, 0.6) is 0 Å². The molecule has 2 amide bonds. The molecule has 1 fully saturated rings. The molecule has 0 saturated heterocycles. The van der Waals surface area contributed by atoms with Crippen molar-refractivity contribution in [2.45, 2.75) is 31.1 Å². The molecule has 2 aromatic rings. The van der Waals surface area contributed by atoms with Crippen molar-refractivity contribution in [1.29, 1.82) is 0 Å². The third-order valence-electron chi connectivity index (χ3n) is 5.24. The first-order valence-corrected chi connectivity index (χ1v) is 9.88. The first-order chi connectivity index (χ1) is 13.9. The fraction of sp³-hybridized carbons (Fsp3) is 0.318. The Morgan fingerprint density at radius 2 is 1.62 bits per heavy atom. The Labute approximate surface area is 174 Å². The van der Waals surface area contributed by atoms with Crippen molar-refractivity contribution in [3.05, 3.63) is 64.7 Å². The Hall–Kier alpha value is -2.86. The van der Waals surface area contributed by atoms with Crippen LogP contribution in [-0.4, -0.2) is 31.4 Å². The molecule has 0 unspecified atom stereocenters. The van der Waals surface area contributed by atoms with Crippen LogP contribution in [0.15, 0.2) is 48.5 Å². The summed E-state index contributed by atoms with van der Waals surface area (Å²) in [6.45, 7) is -0.370. The summed E-state index contributed by atoms with van der Waals surface area (Å²) < 4.78 is 5.38. The summed E-state index contributed by atoms with van der Waals surface area (Å²) >= 11 is 5.97. The van der Waals surface area contributed by atoms with Gasteiger partial charge in [0.15, 0.2) is 6.61 Å². The number of rotatable bonds is 6. The Morgan fingerprint density at radius 1 is 1.00 bits per heavy atom. The molecule has 6 nitrogen and oxygen atoms in total. The predicted octanol–water partition coefficient (Wildman–Crippen LogP) is 3.69. The summed E-state index contributed by atoms with van der Waals surface area (Å²) in [7, 11) is 1.55. The molecule has 0 radical (unpaired) electrons. The Kier molecular flexibility index (Phi) is 6.54. The van der Waals surface area contributed by atoms with Crippen LogP contribution in [0.1, 0.15) is 41.6 Å². The molecule has 0 aromatic heterocycles. The standard InChI is InChI=1S/C22H23ClN2O4/c1-24-20(27)15-4-10-18(11-5-15)25-19(26)14-29-21(28)22(12-2-3-13-22)16-6-8-17(23)9-7-16/h4-11H,2-3,12-14H2,1H3,(H,24,27)(H,25,26). The number of amides is 2. The van der Waals surface area contributed by atoms with E-state index in [4.69, 9.17) is 16.3 Å². The van der Waals surface area contributed by atoms with Crippen LogP contribution in [0, 0.1) is 0 Å². The number of hydrogen-bond acceptors (Lipinski definition) is 4. The molecule has 7 heteroatoms. The monoisotopic (exact) mass is 414 g/mol. The van der Waals surface area contributed by atoms with E-state index in [1.54, 1.807) is 43.4 Å². The molecule has 1 saturated carbocycles. The van der Waals surface area contributed by atoms with E-state index in [9.17, 15) is 14.4 Å². The number of anilines is 1. The number of halogens is 1. The van der Waals surface area contributed by atoms with Gasteiger partial charge in [-0.3, -0.25) is 14.4 Å². The van der Waals surface area contributed by atoms with Gasteiger partial charge in [-0.05, 0) is 54.8 Å². The third-order valence-corrected chi connectivity index (χ3v) is 5.49. The summed E-state index contributed by atoms with van der Waals surface area (Å²) in [4.78, 5) is 36.6. The van der Waals surface area contributed by atoms with E-state index in [2.05, 4.69) is 10.6 Å². The summed E-state index contributed by atoms with van der Waals surface area (Å²) in [5.41, 5.74) is 1.16. The van der Waals surface area contributed by atoms with Crippen LogP contribution in [0.3, 0.4) is 0 Å². The van der Waals surface area contributed by atoms with Gasteiger partial charge in [0, 0.05) is 23.3 Å². The van der Waals surface area contributed by atoms with E-state index >= 15 is 0 Å². The maximum Gasteiger partial charge on any atom is 0.317 e. The second-order valence-corrected chi connectivity index (χ2v) is 7.51. The zero-order chi connectivity index (χ0) is 20.9. The Balaban J connectivity index is 1.60. The van der Waals surface area contributed by atoms with Crippen LogP contribution in [0.25, 0.3) is 0 Å². The number of ether oxygens (including phenoxy) is 1. The van der Waals surface area contributed by atoms with Crippen molar-refractivity contribution in [3.63, 3.8) is 0 Å². The van der Waals surface area contributed by atoms with Crippen molar-refractivity contribution >= 4 is 35.1 Å². The van der Waals surface area contributed by atoms with Gasteiger partial charge in [0.2, 0.25) is 0 Å². The molecule has 0 bridgehead atoms. The van der Waals surface area contributed by atoms with E-state index in [0.717, 1.165) is 18.4 Å². The van der Waals surface area contributed by atoms with E-state index in [0.29, 0.717) is 29.1 Å². The molecule has 3 rings (SSSR count). The quantitative estimate of drug-likeness (QED) is 0.706. The molecule has 152 valence electrons. The molecule has 29 heavy (non-hydrogen) atoms. The van der Waals surface area contributed by atoms with Gasteiger partial charge in [-0.1, -0.05) is 36.6 Å². The highest BCUT2D eigenvalue weighted by Crippen LogP contribution is 2.42. The van der Waals surface area contributed by atoms with Crippen LogP contribution in [0.4, 0.5) is 5.69 Å². The topological polar surface area (TPSA) is 84.5 Å². The lowest BCUT2D eigenvalue weighted by Gasteiger charge is -2.27. The van der Waals surface area contributed by atoms with E-state index in [1.165, 1.54) is 0 Å². The molecule has 2 aromatic carbocycles. The van der Waals surface area contributed by atoms with E-state index in [1.807, 2.05) is 12.1 Å². The van der Waals surface area contributed by atoms with Gasteiger partial charge >= 0.3 is 5.97 Å². The number of hydrogen-bond donors (Lipinski definition) is 2. The van der Waals surface area contributed by atoms with Gasteiger partial charge in [0.05, 0.1) is 5.41 Å². The zero-order valence-corrected chi connectivity index (χ0v) is 16.9. The fourth-order valence-electron chi connectivity index (χ4n) is 3.67. The smallest absolute Gasteiger partial charge is 0.317 e. The van der Waals surface area contributed by atoms with Gasteiger partial charge in [-0.25, -0.2) is 0 Å². The molecule has 1 aliphatic rings. The third kappa shape index (κ3) is 4.77. The molecule has 0 spiro atoms. The molecule has 0 heterocycles. The van der Waals surface area contributed by atoms with Gasteiger partial charge in [0.1, 0.15) is 0 Å². The highest BCUT2D eigenvalue weighted by molar-refractivity contribution is 6.30. The van der Waals surface area contributed by atoms with Crippen LogP contribution in [-0.2, 0) is 19.7 Å². The number of carbonyl (C=O) groups is 3. The average Bonchev–Trinajstić information content (AvgIpc) is 3.23. The van der Waals surface area contributed by atoms with Crippen molar-refractivity contribution < 1.29 is 19.1 Å². The number of esters is 1. The first kappa shape index (κ1) is 20.9. The fourth-order valence-corrected chi connectivity index (χ4v) is 3.80. The van der Waals surface area contributed by atoms with Gasteiger partial charge in [-0.15, -0.1) is 0 Å². The van der Waals surface area contributed by atoms with E-state index in [-0.39, 0.29) is 18.5 Å². The van der Waals surface area contributed by atoms with Crippen molar-refractivity contribution in [3.8, 4) is 0 Å². The molecule has 0 atom stereocenters. The lowest BCUT2D eigenvalue weighted by molar-refractivity contribution is -0.153. The molecular weight excluding hydrogens is 392 g/mol. The van der Waals surface area contributed by atoms with Crippen molar-refractivity contribution in [2.75, 3.05) is 19.0 Å². The van der Waals surface area contributed by atoms with E-state index < -0.39 is 11.3 Å². The predicted molar refractivity (Wildman–Crippen MR) is 111 cm³/mol. The van der Waals surface area contributed by atoms with Crippen molar-refractivity contribution in [2.24, 2.45) is 0 Å². The summed E-state index contributed by atoms with van der Waals surface area (Å²) in [6, 6.07) is 13.7. The normalized spacial score (nSPS) is 14.8. The Morgan fingerprint density at radius 3 is 2.21 bits per heavy atom. The summed E-state index contributed by atoms with van der Waals surface area (Å²) in [5.74, 6) is -1.03. The molecular formula is C22H23ClN2O4. The maximum absolute atomic E-state index is 12.9. The first-order valence-electron chi connectivity index (χ1n) is 9.50. The molecule has 1 aliphatic carbocycles. The minimum absolute atomic E-state index is 0.208. The highest BCUT2D eigenvalue weighted by Gasteiger charge is 2.44. The lowest BCUT2D eigenvalue weighted by Crippen LogP contribution is -2.36. The van der Waals surface area contributed by atoms with Crippen LogP contribution < -0.4 is 10.6 Å². The maximum atomic E-state index is 12.9. The number of nitrogens with one attached hydrogen (secondary N) is 2.